The highest BCUT2D eigenvalue weighted by molar-refractivity contribution is 6.05. The van der Waals surface area contributed by atoms with Crippen LogP contribution < -0.4 is 0 Å². The zero-order valence-electron chi connectivity index (χ0n) is 11.5. The number of aliphatic hydroxyl groups is 1. The molecule has 2 aliphatic rings. The standard InChI is InChI=1S/C16H19NO3/c1-10-7-12-13(8-10)16(20)17(15(12)19)14(9-18)11-5-3-2-4-6-11/h2-6,10,12-14,18H,7-9H2,1H3/t10?,12?,13?,14-/m1/s1. The highest BCUT2D eigenvalue weighted by Crippen LogP contribution is 2.45. The lowest BCUT2D eigenvalue weighted by molar-refractivity contribution is -0.144. The number of aliphatic hydroxyl groups excluding tert-OH is 1. The minimum atomic E-state index is -0.544. The molecule has 1 aromatic carbocycles. The Morgan fingerprint density at radius 1 is 1.15 bits per heavy atom. The fraction of sp³-hybridized carbons (Fsp3) is 0.500. The summed E-state index contributed by atoms with van der Waals surface area (Å²) in [7, 11) is 0. The number of amides is 2. The van der Waals surface area contributed by atoms with E-state index < -0.39 is 6.04 Å². The van der Waals surface area contributed by atoms with E-state index in [4.69, 9.17) is 0 Å². The van der Waals surface area contributed by atoms with Crippen molar-refractivity contribution in [1.82, 2.24) is 4.90 Å². The Hall–Kier alpha value is -1.68. The van der Waals surface area contributed by atoms with Crippen molar-refractivity contribution in [2.75, 3.05) is 6.61 Å². The van der Waals surface area contributed by atoms with Crippen LogP contribution in [0.15, 0.2) is 30.3 Å². The number of rotatable bonds is 3. The van der Waals surface area contributed by atoms with Crippen molar-refractivity contribution >= 4 is 11.8 Å². The maximum absolute atomic E-state index is 12.5. The van der Waals surface area contributed by atoms with Crippen molar-refractivity contribution in [1.29, 1.82) is 0 Å². The van der Waals surface area contributed by atoms with Gasteiger partial charge in [-0.25, -0.2) is 0 Å². The smallest absolute Gasteiger partial charge is 0.233 e. The number of hydrogen-bond donors (Lipinski definition) is 1. The average Bonchev–Trinajstić information content (AvgIpc) is 2.94. The van der Waals surface area contributed by atoms with Crippen molar-refractivity contribution in [3.63, 3.8) is 0 Å². The summed E-state index contributed by atoms with van der Waals surface area (Å²) in [5, 5.41) is 9.64. The molecule has 106 valence electrons. The fourth-order valence-electron chi connectivity index (χ4n) is 3.62. The number of fused-ring (bicyclic) bond motifs is 1. The van der Waals surface area contributed by atoms with Gasteiger partial charge in [0.2, 0.25) is 11.8 Å². The fourth-order valence-corrected chi connectivity index (χ4v) is 3.62. The first-order chi connectivity index (χ1) is 9.63. The minimum absolute atomic E-state index is 0.104. The van der Waals surface area contributed by atoms with Crippen LogP contribution in [0.4, 0.5) is 0 Å². The van der Waals surface area contributed by atoms with Gasteiger partial charge in [0.1, 0.15) is 0 Å². The van der Waals surface area contributed by atoms with Crippen LogP contribution in [-0.2, 0) is 9.59 Å². The number of benzene rings is 1. The van der Waals surface area contributed by atoms with Gasteiger partial charge in [-0.05, 0) is 24.3 Å². The maximum atomic E-state index is 12.5. The summed E-state index contributed by atoms with van der Waals surface area (Å²) >= 11 is 0. The largest absolute Gasteiger partial charge is 0.394 e. The van der Waals surface area contributed by atoms with Crippen LogP contribution in [0.5, 0.6) is 0 Å². The molecule has 0 radical (unpaired) electrons. The molecule has 2 fully saturated rings. The first kappa shape index (κ1) is 13.3. The minimum Gasteiger partial charge on any atom is -0.394 e. The van der Waals surface area contributed by atoms with Gasteiger partial charge < -0.3 is 5.11 Å². The topological polar surface area (TPSA) is 57.6 Å². The Morgan fingerprint density at radius 3 is 2.20 bits per heavy atom. The van der Waals surface area contributed by atoms with Gasteiger partial charge >= 0.3 is 0 Å². The second-order valence-corrected chi connectivity index (χ2v) is 5.95. The van der Waals surface area contributed by atoms with E-state index >= 15 is 0 Å². The lowest BCUT2D eigenvalue weighted by Gasteiger charge is -2.26. The third-order valence-corrected chi connectivity index (χ3v) is 4.58. The van der Waals surface area contributed by atoms with E-state index in [2.05, 4.69) is 6.92 Å². The molecule has 3 atom stereocenters. The lowest BCUT2D eigenvalue weighted by Crippen LogP contribution is -2.37. The predicted molar refractivity (Wildman–Crippen MR) is 73.5 cm³/mol. The van der Waals surface area contributed by atoms with E-state index in [9.17, 15) is 14.7 Å². The number of carbonyl (C=O) groups is 2. The highest BCUT2D eigenvalue weighted by atomic mass is 16.3. The molecule has 1 saturated carbocycles. The SMILES string of the molecule is CC1CC2C(=O)N([C@H](CO)c3ccccc3)C(=O)C2C1. The molecule has 0 aromatic heterocycles. The van der Waals surface area contributed by atoms with Gasteiger partial charge in [-0.15, -0.1) is 0 Å². The molecule has 2 unspecified atom stereocenters. The van der Waals surface area contributed by atoms with E-state index in [1.54, 1.807) is 0 Å². The summed E-state index contributed by atoms with van der Waals surface area (Å²) in [6, 6.07) is 8.73. The van der Waals surface area contributed by atoms with Gasteiger partial charge in [0.05, 0.1) is 24.5 Å². The molecular weight excluding hydrogens is 254 g/mol. The molecule has 3 rings (SSSR count). The van der Waals surface area contributed by atoms with Crippen LogP contribution in [0.3, 0.4) is 0 Å². The summed E-state index contributed by atoms with van der Waals surface area (Å²) in [4.78, 5) is 26.3. The van der Waals surface area contributed by atoms with Gasteiger partial charge in [-0.2, -0.15) is 0 Å². The molecule has 0 spiro atoms. The zero-order chi connectivity index (χ0) is 14.3. The van der Waals surface area contributed by atoms with Crippen molar-refractivity contribution < 1.29 is 14.7 Å². The van der Waals surface area contributed by atoms with Gasteiger partial charge in [0.25, 0.3) is 0 Å². The molecule has 1 aliphatic heterocycles. The van der Waals surface area contributed by atoms with E-state index in [0.717, 1.165) is 18.4 Å². The second-order valence-electron chi connectivity index (χ2n) is 5.95. The van der Waals surface area contributed by atoms with E-state index in [1.807, 2.05) is 30.3 Å². The van der Waals surface area contributed by atoms with E-state index in [-0.39, 0.29) is 30.3 Å². The molecule has 1 heterocycles. The molecule has 2 amide bonds. The Labute approximate surface area is 118 Å². The number of hydrogen-bond acceptors (Lipinski definition) is 3. The van der Waals surface area contributed by atoms with Crippen LogP contribution in [-0.4, -0.2) is 28.4 Å². The van der Waals surface area contributed by atoms with E-state index in [0.29, 0.717) is 5.92 Å². The zero-order valence-corrected chi connectivity index (χ0v) is 11.5. The summed E-state index contributed by atoms with van der Waals surface area (Å²) in [6.07, 6.45) is 1.58. The molecule has 1 aromatic rings. The Bertz CT molecular complexity index is 504. The Kier molecular flexibility index (Phi) is 3.34. The first-order valence-corrected chi connectivity index (χ1v) is 7.16. The molecule has 4 heteroatoms. The van der Waals surface area contributed by atoms with Gasteiger partial charge in [-0.1, -0.05) is 37.3 Å². The van der Waals surface area contributed by atoms with Crippen LogP contribution in [0.1, 0.15) is 31.4 Å². The number of likely N-dealkylation sites (tertiary alicyclic amines) is 1. The second kappa shape index (κ2) is 5.02. The first-order valence-electron chi connectivity index (χ1n) is 7.16. The van der Waals surface area contributed by atoms with Gasteiger partial charge in [0, 0.05) is 0 Å². The normalized spacial score (nSPS) is 30.7. The van der Waals surface area contributed by atoms with Crippen molar-refractivity contribution in [3.8, 4) is 0 Å². The summed E-state index contributed by atoms with van der Waals surface area (Å²) < 4.78 is 0. The maximum Gasteiger partial charge on any atom is 0.233 e. The van der Waals surface area contributed by atoms with Gasteiger partial charge in [-0.3, -0.25) is 14.5 Å². The average molecular weight is 273 g/mol. The third-order valence-electron chi connectivity index (χ3n) is 4.58. The molecule has 4 nitrogen and oxygen atoms in total. The summed E-state index contributed by atoms with van der Waals surface area (Å²) in [5.41, 5.74) is 0.810. The summed E-state index contributed by atoms with van der Waals surface area (Å²) in [6.45, 7) is 1.86. The monoisotopic (exact) mass is 273 g/mol. The number of carbonyl (C=O) groups excluding carboxylic acids is 2. The number of imide groups is 1. The quantitative estimate of drug-likeness (QED) is 0.854. The molecule has 1 N–H and O–H groups in total. The van der Waals surface area contributed by atoms with Gasteiger partial charge in [0.15, 0.2) is 0 Å². The molecule has 1 saturated heterocycles. The van der Waals surface area contributed by atoms with Crippen molar-refractivity contribution in [2.24, 2.45) is 17.8 Å². The van der Waals surface area contributed by atoms with Crippen LogP contribution in [0.2, 0.25) is 0 Å². The van der Waals surface area contributed by atoms with Crippen LogP contribution in [0, 0.1) is 17.8 Å². The molecular formula is C16H19NO3. The van der Waals surface area contributed by atoms with Crippen molar-refractivity contribution in [3.05, 3.63) is 35.9 Å². The van der Waals surface area contributed by atoms with Crippen LogP contribution in [0.25, 0.3) is 0 Å². The number of nitrogens with zero attached hydrogens (tertiary/aromatic N) is 1. The summed E-state index contributed by atoms with van der Waals surface area (Å²) in [5.74, 6) is -0.116. The van der Waals surface area contributed by atoms with Crippen LogP contribution >= 0.6 is 0 Å². The highest BCUT2D eigenvalue weighted by Gasteiger charge is 2.53. The molecule has 0 bridgehead atoms. The third kappa shape index (κ3) is 1.95. The molecule has 1 aliphatic carbocycles. The predicted octanol–water partition coefficient (Wildman–Crippen LogP) is 1.75. The molecule has 20 heavy (non-hydrogen) atoms. The Morgan fingerprint density at radius 2 is 1.70 bits per heavy atom. The Balaban J connectivity index is 1.90. The van der Waals surface area contributed by atoms with Crippen molar-refractivity contribution in [2.45, 2.75) is 25.8 Å². The van der Waals surface area contributed by atoms with E-state index in [1.165, 1.54) is 4.90 Å². The lowest BCUT2D eigenvalue weighted by atomic mass is 10.00.